The van der Waals surface area contributed by atoms with Crippen LogP contribution in [0.15, 0.2) is 17.4 Å². The molecule has 1 fully saturated rings. The van der Waals surface area contributed by atoms with Gasteiger partial charge in [-0.15, -0.1) is 5.73 Å². The van der Waals surface area contributed by atoms with Gasteiger partial charge in [0, 0.05) is 0 Å². The van der Waals surface area contributed by atoms with E-state index >= 15 is 0 Å². The Hall–Kier alpha value is -1.05. The first-order valence-corrected chi connectivity index (χ1v) is 4.44. The molecule has 1 aliphatic heterocycles. The van der Waals surface area contributed by atoms with Crippen molar-refractivity contribution < 1.29 is 14.3 Å². The van der Waals surface area contributed by atoms with Crippen LogP contribution < -0.4 is 0 Å². The number of esters is 1. The Kier molecular flexibility index (Phi) is 3.74. The second-order valence-corrected chi connectivity index (χ2v) is 2.94. The number of carbonyl (C=O) groups excluding carboxylic acids is 1. The largest absolute Gasteiger partial charge is 0.459 e. The fourth-order valence-electron chi connectivity index (χ4n) is 0.755. The maximum Gasteiger partial charge on any atom is 0.341 e. The van der Waals surface area contributed by atoms with Gasteiger partial charge < -0.3 is 9.47 Å². The van der Waals surface area contributed by atoms with Crippen LogP contribution in [0.5, 0.6) is 0 Å². The minimum Gasteiger partial charge on any atom is -0.459 e. The third-order valence-electron chi connectivity index (χ3n) is 1.63. The molecule has 0 spiro atoms. The molecule has 0 aromatic heterocycles. The molecule has 0 saturated carbocycles. The highest BCUT2D eigenvalue weighted by molar-refractivity contribution is 5.87. The van der Waals surface area contributed by atoms with Crippen molar-refractivity contribution in [3.05, 3.63) is 17.4 Å². The Morgan fingerprint density at radius 2 is 2.46 bits per heavy atom. The zero-order valence-electron chi connectivity index (χ0n) is 8.00. The molecule has 0 bridgehead atoms. The summed E-state index contributed by atoms with van der Waals surface area (Å²) in [6.07, 6.45) is 2.81. The van der Waals surface area contributed by atoms with E-state index in [1.54, 1.807) is 6.92 Å². The summed E-state index contributed by atoms with van der Waals surface area (Å²) in [7, 11) is 0. The van der Waals surface area contributed by atoms with Crippen LogP contribution in [0.25, 0.3) is 0 Å². The molecule has 0 aliphatic carbocycles. The standard InChI is InChI=1S/C10H14O3/c1-3-4-5-8(2)10(11)13-7-9-6-12-9/h4,9H,3,6-7H2,1-2H3. The summed E-state index contributed by atoms with van der Waals surface area (Å²) in [5, 5.41) is 0. The minimum atomic E-state index is -0.305. The molecule has 3 nitrogen and oxygen atoms in total. The summed E-state index contributed by atoms with van der Waals surface area (Å²) in [5.74, 6) is -0.305. The average Bonchev–Trinajstić information content (AvgIpc) is 2.93. The van der Waals surface area contributed by atoms with Crippen LogP contribution in [0.3, 0.4) is 0 Å². The van der Waals surface area contributed by atoms with E-state index in [4.69, 9.17) is 9.47 Å². The normalized spacial score (nSPS) is 18.8. The van der Waals surface area contributed by atoms with Crippen molar-refractivity contribution in [2.24, 2.45) is 0 Å². The lowest BCUT2D eigenvalue weighted by Gasteiger charge is -1.99. The van der Waals surface area contributed by atoms with Crippen LogP contribution in [0.2, 0.25) is 0 Å². The van der Waals surface area contributed by atoms with Gasteiger partial charge in [-0.05, 0) is 19.4 Å². The summed E-state index contributed by atoms with van der Waals surface area (Å²) < 4.78 is 9.85. The molecule has 0 N–H and O–H groups in total. The molecule has 0 amide bonds. The van der Waals surface area contributed by atoms with E-state index in [9.17, 15) is 4.79 Å². The predicted molar refractivity (Wildman–Crippen MR) is 48.3 cm³/mol. The minimum absolute atomic E-state index is 0.131. The van der Waals surface area contributed by atoms with Crippen molar-refractivity contribution in [2.75, 3.05) is 13.2 Å². The lowest BCUT2D eigenvalue weighted by Crippen LogP contribution is -2.10. The first-order chi connectivity index (χ1) is 6.24. The summed E-state index contributed by atoms with van der Waals surface area (Å²) in [6, 6.07) is 0. The third-order valence-corrected chi connectivity index (χ3v) is 1.63. The Morgan fingerprint density at radius 1 is 1.77 bits per heavy atom. The quantitative estimate of drug-likeness (QED) is 0.286. The fourth-order valence-corrected chi connectivity index (χ4v) is 0.755. The van der Waals surface area contributed by atoms with Gasteiger partial charge in [0.05, 0.1) is 12.2 Å². The second-order valence-electron chi connectivity index (χ2n) is 2.94. The van der Waals surface area contributed by atoms with E-state index < -0.39 is 0 Å². The molecule has 13 heavy (non-hydrogen) atoms. The van der Waals surface area contributed by atoms with Crippen LogP contribution in [0.4, 0.5) is 0 Å². The number of hydrogen-bond donors (Lipinski definition) is 0. The summed E-state index contributed by atoms with van der Waals surface area (Å²) in [6.45, 7) is 4.76. The molecule has 1 aliphatic rings. The maximum absolute atomic E-state index is 11.2. The lowest BCUT2D eigenvalue weighted by atomic mass is 10.3. The van der Waals surface area contributed by atoms with E-state index in [0.717, 1.165) is 6.42 Å². The summed E-state index contributed by atoms with van der Waals surface area (Å²) in [5.41, 5.74) is 3.37. The van der Waals surface area contributed by atoms with Crippen molar-refractivity contribution >= 4 is 5.97 Å². The van der Waals surface area contributed by atoms with Crippen LogP contribution in [0, 0.1) is 0 Å². The average molecular weight is 182 g/mol. The molecule has 0 aromatic carbocycles. The Labute approximate surface area is 78.0 Å². The van der Waals surface area contributed by atoms with E-state index in [1.807, 2.05) is 13.0 Å². The third kappa shape index (κ3) is 3.92. The van der Waals surface area contributed by atoms with Gasteiger partial charge in [-0.1, -0.05) is 6.92 Å². The first kappa shape index (κ1) is 10.0. The van der Waals surface area contributed by atoms with Gasteiger partial charge >= 0.3 is 5.97 Å². The van der Waals surface area contributed by atoms with E-state index in [1.165, 1.54) is 0 Å². The van der Waals surface area contributed by atoms with Crippen molar-refractivity contribution in [2.45, 2.75) is 26.4 Å². The summed E-state index contributed by atoms with van der Waals surface area (Å²) >= 11 is 0. The van der Waals surface area contributed by atoms with Gasteiger partial charge in [0.1, 0.15) is 12.7 Å². The number of hydrogen-bond acceptors (Lipinski definition) is 3. The topological polar surface area (TPSA) is 38.8 Å². The molecule has 1 saturated heterocycles. The fraction of sp³-hybridized carbons (Fsp3) is 0.600. The molecule has 1 atom stereocenters. The van der Waals surface area contributed by atoms with E-state index in [-0.39, 0.29) is 12.1 Å². The molecule has 1 unspecified atom stereocenters. The van der Waals surface area contributed by atoms with Crippen LogP contribution >= 0.6 is 0 Å². The van der Waals surface area contributed by atoms with Crippen molar-refractivity contribution in [1.82, 2.24) is 0 Å². The summed E-state index contributed by atoms with van der Waals surface area (Å²) in [4.78, 5) is 11.2. The number of ether oxygens (including phenoxy) is 2. The van der Waals surface area contributed by atoms with Crippen molar-refractivity contribution in [3.63, 3.8) is 0 Å². The van der Waals surface area contributed by atoms with Gasteiger partial charge in [0.2, 0.25) is 0 Å². The lowest BCUT2D eigenvalue weighted by molar-refractivity contribution is -0.139. The van der Waals surface area contributed by atoms with E-state index in [0.29, 0.717) is 18.8 Å². The zero-order chi connectivity index (χ0) is 9.68. The Morgan fingerprint density at radius 3 is 3.00 bits per heavy atom. The van der Waals surface area contributed by atoms with Gasteiger partial charge in [-0.3, -0.25) is 0 Å². The van der Waals surface area contributed by atoms with Crippen LogP contribution in [0.1, 0.15) is 20.3 Å². The predicted octanol–water partition coefficient (Wildman–Crippen LogP) is 1.44. The Bertz CT molecular complexity index is 245. The van der Waals surface area contributed by atoms with Gasteiger partial charge in [0.15, 0.2) is 0 Å². The molecule has 0 aromatic rings. The second kappa shape index (κ2) is 4.85. The molecule has 72 valence electrons. The molecular weight excluding hydrogens is 168 g/mol. The maximum atomic E-state index is 11.2. The van der Waals surface area contributed by atoms with Gasteiger partial charge in [-0.25, -0.2) is 4.79 Å². The first-order valence-electron chi connectivity index (χ1n) is 4.44. The molecule has 0 radical (unpaired) electrons. The highest BCUT2D eigenvalue weighted by atomic mass is 16.6. The smallest absolute Gasteiger partial charge is 0.341 e. The number of carbonyl (C=O) groups is 1. The molecule has 1 heterocycles. The Balaban J connectivity index is 2.32. The van der Waals surface area contributed by atoms with Crippen molar-refractivity contribution in [3.8, 4) is 0 Å². The molecule has 1 rings (SSSR count). The zero-order valence-corrected chi connectivity index (χ0v) is 8.00. The van der Waals surface area contributed by atoms with Gasteiger partial charge in [-0.2, -0.15) is 0 Å². The SMILES string of the molecule is CCC=C=C(C)C(=O)OCC1CO1. The highest BCUT2D eigenvalue weighted by Gasteiger charge is 2.24. The number of epoxide rings is 1. The van der Waals surface area contributed by atoms with Crippen LogP contribution in [-0.4, -0.2) is 25.3 Å². The monoisotopic (exact) mass is 182 g/mol. The van der Waals surface area contributed by atoms with Crippen molar-refractivity contribution in [1.29, 1.82) is 0 Å². The number of rotatable bonds is 4. The van der Waals surface area contributed by atoms with E-state index in [2.05, 4.69) is 5.73 Å². The molecular formula is C10H14O3. The molecule has 3 heteroatoms. The van der Waals surface area contributed by atoms with Gasteiger partial charge in [0.25, 0.3) is 0 Å². The van der Waals surface area contributed by atoms with Crippen LogP contribution in [-0.2, 0) is 14.3 Å². The highest BCUT2D eigenvalue weighted by Crippen LogP contribution is 2.09.